The smallest absolute Gasteiger partial charge is 0.154 e. The van der Waals surface area contributed by atoms with Crippen molar-refractivity contribution in [2.24, 2.45) is 16.6 Å². The van der Waals surface area contributed by atoms with Gasteiger partial charge in [-0.05, 0) is 74.2 Å². The van der Waals surface area contributed by atoms with Gasteiger partial charge in [-0.25, -0.2) is 4.99 Å². The Labute approximate surface area is 264 Å². The topological polar surface area (TPSA) is 62.2 Å². The molecule has 0 spiro atoms. The van der Waals surface area contributed by atoms with Crippen molar-refractivity contribution in [3.8, 4) is 11.1 Å². The van der Waals surface area contributed by atoms with Gasteiger partial charge in [-0.3, -0.25) is 5.41 Å². The summed E-state index contributed by atoms with van der Waals surface area (Å²) >= 11 is 0. The highest BCUT2D eigenvalue weighted by molar-refractivity contribution is 6.11. The lowest BCUT2D eigenvalue weighted by Gasteiger charge is -2.37. The van der Waals surface area contributed by atoms with Crippen LogP contribution in [-0.2, 0) is 0 Å². The van der Waals surface area contributed by atoms with Gasteiger partial charge < -0.3 is 5.73 Å². The van der Waals surface area contributed by atoms with Crippen LogP contribution in [0.3, 0.4) is 0 Å². The molecule has 2 unspecified atom stereocenters. The normalized spacial score (nSPS) is 18.7. The maximum atomic E-state index is 8.83. The maximum Gasteiger partial charge on any atom is 0.154 e. The average Bonchev–Trinajstić information content (AvgIpc) is 3.11. The van der Waals surface area contributed by atoms with Crippen LogP contribution in [0.5, 0.6) is 0 Å². The highest BCUT2D eigenvalue weighted by Crippen LogP contribution is 2.51. The first-order chi connectivity index (χ1) is 22.2. The van der Waals surface area contributed by atoms with E-state index in [1.807, 2.05) is 42.5 Å². The molecule has 0 fully saturated rings. The van der Waals surface area contributed by atoms with E-state index < -0.39 is 0 Å². The molecule has 0 heterocycles. The quantitative estimate of drug-likeness (QED) is 0.162. The number of nitrogens with one attached hydrogen (secondary N) is 1. The lowest BCUT2D eigenvalue weighted by molar-refractivity contribution is 0.658. The number of amidine groups is 2. The number of rotatable bonds is 4. The van der Waals surface area contributed by atoms with Crippen molar-refractivity contribution >= 4 is 33.6 Å². The van der Waals surface area contributed by atoms with Crippen LogP contribution >= 0.6 is 0 Å². The van der Waals surface area contributed by atoms with E-state index in [0.717, 1.165) is 29.5 Å². The summed E-state index contributed by atoms with van der Waals surface area (Å²) in [5.74, 6) is 1.10. The minimum atomic E-state index is 0.142. The first-order valence-electron chi connectivity index (χ1n) is 15.7. The van der Waals surface area contributed by atoms with E-state index >= 15 is 0 Å². The van der Waals surface area contributed by atoms with Gasteiger partial charge in [0.05, 0.1) is 0 Å². The van der Waals surface area contributed by atoms with E-state index in [2.05, 4.69) is 108 Å². The van der Waals surface area contributed by atoms with Crippen molar-refractivity contribution in [2.45, 2.75) is 18.8 Å². The highest BCUT2D eigenvalue weighted by Gasteiger charge is 2.34. The van der Waals surface area contributed by atoms with Crippen LogP contribution in [0.4, 0.5) is 0 Å². The first-order valence-corrected chi connectivity index (χ1v) is 15.7. The fourth-order valence-electron chi connectivity index (χ4n) is 7.29. The molecule has 0 saturated carbocycles. The molecule has 2 atom stereocenters. The zero-order chi connectivity index (χ0) is 30.3. The Kier molecular flexibility index (Phi) is 6.72. The van der Waals surface area contributed by atoms with Crippen LogP contribution in [0.25, 0.3) is 33.0 Å². The third-order valence-electron chi connectivity index (χ3n) is 9.41. The summed E-state index contributed by atoms with van der Waals surface area (Å²) in [6.07, 6.45) is 14.2. The number of nitrogens with two attached hydrogens (primary N) is 1. The summed E-state index contributed by atoms with van der Waals surface area (Å²) in [6, 6.07) is 39.8. The fraction of sp³-hybridized carbons (Fsp3) is 0.0952. The van der Waals surface area contributed by atoms with Gasteiger partial charge in [0.2, 0.25) is 0 Å². The summed E-state index contributed by atoms with van der Waals surface area (Å²) in [6.45, 7) is 0. The number of benzene rings is 5. The number of fused-ring (bicyclic) bond motifs is 6. The first kappa shape index (κ1) is 27.0. The van der Waals surface area contributed by atoms with Gasteiger partial charge in [0.25, 0.3) is 0 Å². The Morgan fingerprint density at radius 1 is 0.733 bits per heavy atom. The van der Waals surface area contributed by atoms with Gasteiger partial charge in [0.1, 0.15) is 5.84 Å². The predicted octanol–water partition coefficient (Wildman–Crippen LogP) is 9.71. The van der Waals surface area contributed by atoms with Gasteiger partial charge >= 0.3 is 0 Å². The number of allylic oxidation sites excluding steroid dienone is 8. The molecule has 8 rings (SSSR count). The van der Waals surface area contributed by atoms with Crippen LogP contribution in [0.1, 0.15) is 46.6 Å². The lowest BCUT2D eigenvalue weighted by Crippen LogP contribution is -2.22. The fourth-order valence-corrected chi connectivity index (χ4v) is 7.29. The van der Waals surface area contributed by atoms with Gasteiger partial charge in [0, 0.05) is 23.0 Å². The Bertz CT molecular complexity index is 2140. The van der Waals surface area contributed by atoms with Gasteiger partial charge in [-0.15, -0.1) is 0 Å². The molecule has 0 aliphatic heterocycles. The molecule has 0 saturated heterocycles. The molecule has 0 amide bonds. The molecule has 0 aromatic heterocycles. The summed E-state index contributed by atoms with van der Waals surface area (Å²) in [5.41, 5.74) is 18.3. The van der Waals surface area contributed by atoms with Crippen molar-refractivity contribution in [3.63, 3.8) is 0 Å². The van der Waals surface area contributed by atoms with Crippen LogP contribution in [0.15, 0.2) is 156 Å². The Morgan fingerprint density at radius 3 is 2.44 bits per heavy atom. The van der Waals surface area contributed by atoms with E-state index in [1.54, 1.807) is 0 Å². The Balaban J connectivity index is 1.25. The van der Waals surface area contributed by atoms with Crippen molar-refractivity contribution in [1.82, 2.24) is 0 Å². The number of aliphatic imine (C=N–C) groups is 1. The number of nitrogens with zero attached hydrogens (tertiary/aromatic N) is 1. The van der Waals surface area contributed by atoms with Crippen LogP contribution in [0.2, 0.25) is 0 Å². The molecule has 5 aromatic rings. The highest BCUT2D eigenvalue weighted by atomic mass is 14.9. The monoisotopic (exact) mass is 579 g/mol. The molecular weight excluding hydrogens is 546 g/mol. The standard InChI is InChI=1S/C42H33N3/c43-41(28-12-2-1-3-13-28)45-42(44)31-15-10-14-30(25-31)40-32-16-5-4-11-27(32)21-23-33(40)29-22-24-38-36-19-7-6-17-34(36)35-18-8-9-20-37(35)39(38)26-29/h1-5,7-16,18-26,38-39H,6,17H2,(H3,43,44,45). The Morgan fingerprint density at radius 2 is 1.53 bits per heavy atom. The zero-order valence-electron chi connectivity index (χ0n) is 24.9. The molecule has 45 heavy (non-hydrogen) atoms. The molecule has 3 aliphatic carbocycles. The minimum absolute atomic E-state index is 0.142. The molecule has 0 radical (unpaired) electrons. The molecule has 3 nitrogen and oxygen atoms in total. The average molecular weight is 580 g/mol. The summed E-state index contributed by atoms with van der Waals surface area (Å²) in [4.78, 5) is 4.47. The maximum absolute atomic E-state index is 8.83. The largest absolute Gasteiger partial charge is 0.383 e. The second-order valence-corrected chi connectivity index (χ2v) is 12.0. The molecule has 3 aliphatic rings. The third-order valence-corrected chi connectivity index (χ3v) is 9.41. The van der Waals surface area contributed by atoms with Gasteiger partial charge in [0.15, 0.2) is 5.84 Å². The second-order valence-electron chi connectivity index (χ2n) is 12.0. The SMILES string of the molecule is N=C(/N=C(\N)c1ccccc1)c1cccc(-c2c(C3=CC4c5ccccc5C5=C(C=CCC5)C4C=C3)ccc3ccccc23)c1. The Hall–Kier alpha value is -5.54. The van der Waals surface area contributed by atoms with E-state index in [1.165, 1.54) is 49.7 Å². The van der Waals surface area contributed by atoms with Crippen molar-refractivity contribution in [1.29, 1.82) is 5.41 Å². The molecule has 5 aromatic carbocycles. The van der Waals surface area contributed by atoms with Crippen LogP contribution in [-0.4, -0.2) is 11.7 Å². The van der Waals surface area contributed by atoms with Crippen molar-refractivity contribution < 1.29 is 0 Å². The molecule has 216 valence electrons. The summed E-state index contributed by atoms with van der Waals surface area (Å²) in [5, 5.41) is 11.2. The van der Waals surface area contributed by atoms with E-state index in [-0.39, 0.29) is 11.8 Å². The minimum Gasteiger partial charge on any atom is -0.383 e. The van der Waals surface area contributed by atoms with Gasteiger partial charge in [-0.2, -0.15) is 0 Å². The van der Waals surface area contributed by atoms with E-state index in [9.17, 15) is 0 Å². The lowest BCUT2D eigenvalue weighted by atomic mass is 9.66. The third kappa shape index (κ3) is 4.78. The molecule has 3 heteroatoms. The second kappa shape index (κ2) is 11.2. The van der Waals surface area contributed by atoms with Crippen LogP contribution < -0.4 is 5.73 Å². The summed E-state index contributed by atoms with van der Waals surface area (Å²) in [7, 11) is 0. The number of hydrogen-bond donors (Lipinski definition) is 2. The van der Waals surface area contributed by atoms with Crippen molar-refractivity contribution in [2.75, 3.05) is 0 Å². The molecular formula is C42H33N3. The van der Waals surface area contributed by atoms with Crippen molar-refractivity contribution in [3.05, 3.63) is 179 Å². The van der Waals surface area contributed by atoms with Crippen LogP contribution in [0, 0.1) is 11.3 Å². The summed E-state index contributed by atoms with van der Waals surface area (Å²) < 4.78 is 0. The van der Waals surface area contributed by atoms with E-state index in [0.29, 0.717) is 11.8 Å². The number of hydrogen-bond acceptors (Lipinski definition) is 1. The molecule has 0 bridgehead atoms. The predicted molar refractivity (Wildman–Crippen MR) is 188 cm³/mol. The molecule has 3 N–H and O–H groups in total. The van der Waals surface area contributed by atoms with E-state index in [4.69, 9.17) is 11.1 Å². The van der Waals surface area contributed by atoms with Gasteiger partial charge in [-0.1, -0.05) is 140 Å². The zero-order valence-corrected chi connectivity index (χ0v) is 24.9.